The molecule has 3 rings (SSSR count). The topological polar surface area (TPSA) is 44.4 Å². The second kappa shape index (κ2) is 5.50. The van der Waals surface area contributed by atoms with Crippen molar-refractivity contribution in [3.8, 4) is 0 Å². The van der Waals surface area contributed by atoms with Crippen LogP contribution in [0.2, 0.25) is 0 Å². The van der Waals surface area contributed by atoms with Gasteiger partial charge in [0.05, 0.1) is 0 Å². The van der Waals surface area contributed by atoms with Crippen LogP contribution in [0.1, 0.15) is 23.6 Å². The summed E-state index contributed by atoms with van der Waals surface area (Å²) in [5.41, 5.74) is 2.27. The molecule has 1 saturated heterocycles. The van der Waals surface area contributed by atoms with E-state index in [4.69, 9.17) is 0 Å². The summed E-state index contributed by atoms with van der Waals surface area (Å²) >= 11 is 0. The molecule has 1 aromatic carbocycles. The van der Waals surface area contributed by atoms with E-state index in [0.29, 0.717) is 6.54 Å². The van der Waals surface area contributed by atoms with Crippen LogP contribution >= 0.6 is 0 Å². The van der Waals surface area contributed by atoms with Gasteiger partial charge in [0.25, 0.3) is 0 Å². The van der Waals surface area contributed by atoms with Crippen molar-refractivity contribution in [2.24, 2.45) is 0 Å². The summed E-state index contributed by atoms with van der Waals surface area (Å²) in [5, 5.41) is 6.01. The molecule has 1 aromatic rings. The molecule has 1 aliphatic carbocycles. The quantitative estimate of drug-likeness (QED) is 0.842. The summed E-state index contributed by atoms with van der Waals surface area (Å²) in [5.74, 6) is -0.125. The van der Waals surface area contributed by atoms with Crippen molar-refractivity contribution in [1.82, 2.24) is 15.5 Å². The van der Waals surface area contributed by atoms with E-state index in [1.165, 1.54) is 11.6 Å². The second-order valence-corrected chi connectivity index (χ2v) is 5.47. The predicted octanol–water partition coefficient (Wildman–Crippen LogP) is 0.833. The Bertz CT molecular complexity index is 520. The number of amides is 1. The Labute approximate surface area is 118 Å². The van der Waals surface area contributed by atoms with E-state index >= 15 is 0 Å². The molecule has 1 amide bonds. The molecular weight excluding hydrogens is 257 g/mol. The highest BCUT2D eigenvalue weighted by molar-refractivity contribution is 5.82. The molecule has 2 N–H and O–H groups in total. The number of carbonyl (C=O) groups is 1. The van der Waals surface area contributed by atoms with Crippen LogP contribution in [0.3, 0.4) is 0 Å². The number of carbonyl (C=O) groups excluding carboxylic acids is 1. The molecule has 1 fully saturated rings. The Kier molecular flexibility index (Phi) is 3.72. The molecule has 2 unspecified atom stereocenters. The average molecular weight is 277 g/mol. The zero-order valence-corrected chi connectivity index (χ0v) is 11.7. The van der Waals surface area contributed by atoms with Crippen molar-refractivity contribution in [2.45, 2.75) is 24.9 Å². The number of benzene rings is 1. The number of aryl methyl sites for hydroxylation is 1. The number of likely N-dealkylation sites (N-methyl/N-ethyl adjacent to an activating group) is 1. The van der Waals surface area contributed by atoms with Crippen molar-refractivity contribution in [3.05, 3.63) is 35.1 Å². The minimum Gasteiger partial charge on any atom is -0.358 e. The lowest BCUT2D eigenvalue weighted by atomic mass is 10.0. The van der Waals surface area contributed by atoms with Gasteiger partial charge in [0.15, 0.2) is 0 Å². The van der Waals surface area contributed by atoms with Gasteiger partial charge in [-0.15, -0.1) is 0 Å². The molecule has 0 bridgehead atoms. The van der Waals surface area contributed by atoms with E-state index < -0.39 is 0 Å². The highest BCUT2D eigenvalue weighted by Crippen LogP contribution is 2.37. The number of nitrogens with zero attached hydrogens (tertiary/aromatic N) is 1. The van der Waals surface area contributed by atoms with Crippen molar-refractivity contribution in [1.29, 1.82) is 0 Å². The lowest BCUT2D eigenvalue weighted by Gasteiger charge is -2.39. The van der Waals surface area contributed by atoms with Gasteiger partial charge in [-0.05, 0) is 36.1 Å². The third kappa shape index (κ3) is 2.31. The molecule has 0 saturated carbocycles. The monoisotopic (exact) mass is 277 g/mol. The lowest BCUT2D eigenvalue weighted by Crippen LogP contribution is -2.58. The Morgan fingerprint density at radius 3 is 3.15 bits per heavy atom. The fourth-order valence-corrected chi connectivity index (χ4v) is 3.41. The Morgan fingerprint density at radius 1 is 1.50 bits per heavy atom. The molecule has 1 heterocycles. The van der Waals surface area contributed by atoms with Gasteiger partial charge in [0, 0.05) is 32.7 Å². The standard InChI is InChI=1S/C15H20FN3O/c1-17-15(20)14-9-18-6-7-19(14)13-5-2-10-8-11(16)3-4-12(10)13/h3-4,8,13-14,18H,2,5-7,9H2,1H3,(H,17,20). The van der Waals surface area contributed by atoms with Crippen molar-refractivity contribution in [2.75, 3.05) is 26.7 Å². The molecule has 5 heteroatoms. The number of piperazine rings is 1. The van der Waals surface area contributed by atoms with E-state index in [1.54, 1.807) is 13.1 Å². The lowest BCUT2D eigenvalue weighted by molar-refractivity contribution is -0.127. The van der Waals surface area contributed by atoms with Gasteiger partial charge < -0.3 is 10.6 Å². The molecule has 0 spiro atoms. The Balaban J connectivity index is 1.87. The third-order valence-electron chi connectivity index (χ3n) is 4.39. The zero-order valence-electron chi connectivity index (χ0n) is 11.7. The number of halogens is 1. The van der Waals surface area contributed by atoms with Gasteiger partial charge in [0.1, 0.15) is 11.9 Å². The largest absolute Gasteiger partial charge is 0.358 e. The number of nitrogens with one attached hydrogen (secondary N) is 2. The van der Waals surface area contributed by atoms with Gasteiger partial charge in [0.2, 0.25) is 5.91 Å². The van der Waals surface area contributed by atoms with Crippen LogP contribution < -0.4 is 10.6 Å². The molecule has 4 nitrogen and oxygen atoms in total. The number of hydrogen-bond donors (Lipinski definition) is 2. The SMILES string of the molecule is CNC(=O)C1CNCCN1C1CCc2cc(F)ccc21. The van der Waals surface area contributed by atoms with E-state index in [-0.39, 0.29) is 23.8 Å². The minimum atomic E-state index is -0.174. The van der Waals surface area contributed by atoms with Gasteiger partial charge in [-0.25, -0.2) is 4.39 Å². The molecular formula is C15H20FN3O. The first kappa shape index (κ1) is 13.5. The molecule has 1 aliphatic heterocycles. The first-order valence-electron chi connectivity index (χ1n) is 7.17. The van der Waals surface area contributed by atoms with E-state index in [2.05, 4.69) is 15.5 Å². The third-order valence-corrected chi connectivity index (χ3v) is 4.39. The van der Waals surface area contributed by atoms with E-state index in [9.17, 15) is 9.18 Å². The maximum Gasteiger partial charge on any atom is 0.238 e. The van der Waals surface area contributed by atoms with Crippen LogP contribution in [0.25, 0.3) is 0 Å². The van der Waals surface area contributed by atoms with Crippen LogP contribution in [0.15, 0.2) is 18.2 Å². The zero-order chi connectivity index (χ0) is 14.1. The second-order valence-electron chi connectivity index (χ2n) is 5.47. The molecule has 2 atom stereocenters. The van der Waals surface area contributed by atoms with E-state index in [0.717, 1.165) is 31.5 Å². The van der Waals surface area contributed by atoms with Crippen LogP contribution in [-0.2, 0) is 11.2 Å². The first-order valence-corrected chi connectivity index (χ1v) is 7.17. The summed E-state index contributed by atoms with van der Waals surface area (Å²) < 4.78 is 13.3. The summed E-state index contributed by atoms with van der Waals surface area (Å²) in [7, 11) is 1.67. The van der Waals surface area contributed by atoms with Crippen molar-refractivity contribution >= 4 is 5.91 Å². The van der Waals surface area contributed by atoms with Crippen molar-refractivity contribution < 1.29 is 9.18 Å². The van der Waals surface area contributed by atoms with Gasteiger partial charge in [-0.1, -0.05) is 6.07 Å². The smallest absolute Gasteiger partial charge is 0.238 e. The van der Waals surface area contributed by atoms with Gasteiger partial charge >= 0.3 is 0 Å². The number of rotatable bonds is 2. The first-order chi connectivity index (χ1) is 9.70. The highest BCUT2D eigenvalue weighted by atomic mass is 19.1. The maximum absolute atomic E-state index is 13.3. The molecule has 0 aromatic heterocycles. The normalized spacial score (nSPS) is 26.3. The summed E-state index contributed by atoms with van der Waals surface area (Å²) in [6, 6.07) is 5.12. The van der Waals surface area contributed by atoms with Crippen molar-refractivity contribution in [3.63, 3.8) is 0 Å². The molecule has 0 radical (unpaired) electrons. The Hall–Kier alpha value is -1.46. The molecule has 2 aliphatic rings. The minimum absolute atomic E-state index is 0.0489. The summed E-state index contributed by atoms with van der Waals surface area (Å²) in [6.07, 6.45) is 1.86. The molecule has 20 heavy (non-hydrogen) atoms. The number of hydrogen-bond acceptors (Lipinski definition) is 3. The van der Waals surface area contributed by atoms with Crippen LogP contribution in [0, 0.1) is 5.82 Å². The van der Waals surface area contributed by atoms with Crippen LogP contribution in [-0.4, -0.2) is 43.5 Å². The summed E-state index contributed by atoms with van der Waals surface area (Å²) in [6.45, 7) is 2.41. The van der Waals surface area contributed by atoms with Gasteiger partial charge in [-0.3, -0.25) is 9.69 Å². The average Bonchev–Trinajstić information content (AvgIpc) is 2.89. The fourth-order valence-electron chi connectivity index (χ4n) is 3.41. The Morgan fingerprint density at radius 2 is 2.35 bits per heavy atom. The van der Waals surface area contributed by atoms with Gasteiger partial charge in [-0.2, -0.15) is 0 Å². The number of fused-ring (bicyclic) bond motifs is 1. The van der Waals surface area contributed by atoms with Crippen LogP contribution in [0.5, 0.6) is 0 Å². The molecule has 108 valence electrons. The predicted molar refractivity (Wildman–Crippen MR) is 74.9 cm³/mol. The summed E-state index contributed by atoms with van der Waals surface area (Å²) in [4.78, 5) is 14.3. The highest BCUT2D eigenvalue weighted by Gasteiger charge is 2.36. The van der Waals surface area contributed by atoms with E-state index in [1.807, 2.05) is 6.07 Å². The maximum atomic E-state index is 13.3. The fraction of sp³-hybridized carbons (Fsp3) is 0.533. The van der Waals surface area contributed by atoms with Crippen LogP contribution in [0.4, 0.5) is 4.39 Å².